The maximum Gasteiger partial charge on any atom is 0.507 e. The highest BCUT2D eigenvalue weighted by Gasteiger charge is 2.32. The van der Waals surface area contributed by atoms with Crippen molar-refractivity contribution in [2.24, 2.45) is 4.99 Å². The van der Waals surface area contributed by atoms with Crippen LogP contribution in [-0.4, -0.2) is 30.0 Å². The molecule has 5 nitrogen and oxygen atoms in total. The fraction of sp³-hybridized carbons (Fsp3) is 0.167. The molecule has 0 radical (unpaired) electrons. The monoisotopic (exact) mass is 233 g/mol. The van der Waals surface area contributed by atoms with Gasteiger partial charge in [0.2, 0.25) is 6.23 Å². The number of hydrogen-bond acceptors (Lipinski definition) is 4. The SMILES string of the molecule is C=C(c1ccccc1)C1OC=NC1OC(=O)O. The van der Waals surface area contributed by atoms with Crippen molar-refractivity contribution in [2.75, 3.05) is 0 Å². The Morgan fingerprint density at radius 3 is 2.76 bits per heavy atom. The van der Waals surface area contributed by atoms with Gasteiger partial charge >= 0.3 is 6.16 Å². The van der Waals surface area contributed by atoms with Gasteiger partial charge in [-0.05, 0) is 11.1 Å². The summed E-state index contributed by atoms with van der Waals surface area (Å²) in [5.74, 6) is 0. The van der Waals surface area contributed by atoms with Crippen molar-refractivity contribution >= 4 is 18.1 Å². The van der Waals surface area contributed by atoms with Crippen LogP contribution in [0.2, 0.25) is 0 Å². The van der Waals surface area contributed by atoms with Crippen LogP contribution in [0, 0.1) is 0 Å². The highest BCUT2D eigenvalue weighted by molar-refractivity contribution is 5.71. The number of benzene rings is 1. The first-order chi connectivity index (χ1) is 8.18. The lowest BCUT2D eigenvalue weighted by molar-refractivity contribution is 0.0283. The molecule has 5 heteroatoms. The molecule has 2 unspecified atom stereocenters. The number of hydrogen-bond donors (Lipinski definition) is 1. The summed E-state index contributed by atoms with van der Waals surface area (Å²) in [6.45, 7) is 3.89. The Bertz CT molecular complexity index is 455. The van der Waals surface area contributed by atoms with Gasteiger partial charge in [0.05, 0.1) is 0 Å². The predicted octanol–water partition coefficient (Wildman–Crippen LogP) is 2.15. The number of carbonyl (C=O) groups is 1. The molecule has 1 heterocycles. The second-order valence-electron chi connectivity index (χ2n) is 3.48. The first-order valence-corrected chi connectivity index (χ1v) is 4.99. The van der Waals surface area contributed by atoms with Crippen LogP contribution in [0.4, 0.5) is 4.79 Å². The Morgan fingerprint density at radius 1 is 1.41 bits per heavy atom. The number of nitrogens with zero attached hydrogens (tertiary/aromatic N) is 1. The first-order valence-electron chi connectivity index (χ1n) is 4.99. The molecule has 1 aliphatic heterocycles. The van der Waals surface area contributed by atoms with E-state index in [4.69, 9.17) is 9.84 Å². The fourth-order valence-electron chi connectivity index (χ4n) is 1.57. The average Bonchev–Trinajstić information content (AvgIpc) is 2.76. The highest BCUT2D eigenvalue weighted by Crippen LogP contribution is 2.25. The second kappa shape index (κ2) is 4.69. The van der Waals surface area contributed by atoms with Gasteiger partial charge in [-0.3, -0.25) is 0 Å². The van der Waals surface area contributed by atoms with Crippen molar-refractivity contribution in [1.29, 1.82) is 0 Å². The molecule has 0 fully saturated rings. The van der Waals surface area contributed by atoms with E-state index in [-0.39, 0.29) is 0 Å². The zero-order valence-corrected chi connectivity index (χ0v) is 8.95. The van der Waals surface area contributed by atoms with Crippen molar-refractivity contribution in [3.63, 3.8) is 0 Å². The maximum absolute atomic E-state index is 10.5. The van der Waals surface area contributed by atoms with Gasteiger partial charge in [-0.1, -0.05) is 36.9 Å². The van der Waals surface area contributed by atoms with E-state index in [1.807, 2.05) is 30.3 Å². The molecule has 0 bridgehead atoms. The van der Waals surface area contributed by atoms with Gasteiger partial charge < -0.3 is 14.6 Å². The number of aliphatic imine (C=N–C) groups is 1. The van der Waals surface area contributed by atoms with E-state index < -0.39 is 18.5 Å². The first kappa shape index (κ1) is 11.2. The van der Waals surface area contributed by atoms with E-state index in [1.165, 1.54) is 6.40 Å². The minimum atomic E-state index is -1.39. The summed E-state index contributed by atoms with van der Waals surface area (Å²) in [5.41, 5.74) is 1.50. The maximum atomic E-state index is 10.5. The van der Waals surface area contributed by atoms with Gasteiger partial charge in [0.15, 0.2) is 12.5 Å². The molecule has 0 saturated heterocycles. The fourth-order valence-corrected chi connectivity index (χ4v) is 1.57. The normalized spacial score (nSPS) is 21.9. The molecule has 0 aromatic heterocycles. The van der Waals surface area contributed by atoms with Gasteiger partial charge in [0.1, 0.15) is 0 Å². The van der Waals surface area contributed by atoms with Crippen molar-refractivity contribution in [2.45, 2.75) is 12.3 Å². The van der Waals surface area contributed by atoms with Crippen LogP contribution in [0.1, 0.15) is 5.56 Å². The van der Waals surface area contributed by atoms with E-state index in [2.05, 4.69) is 16.3 Å². The van der Waals surface area contributed by atoms with E-state index in [9.17, 15) is 4.79 Å². The van der Waals surface area contributed by atoms with Crippen LogP contribution in [-0.2, 0) is 9.47 Å². The molecule has 1 aromatic rings. The van der Waals surface area contributed by atoms with Crippen LogP contribution < -0.4 is 0 Å². The molecule has 17 heavy (non-hydrogen) atoms. The second-order valence-corrected chi connectivity index (χ2v) is 3.48. The molecule has 0 spiro atoms. The Balaban J connectivity index is 2.12. The van der Waals surface area contributed by atoms with Gasteiger partial charge in [-0.15, -0.1) is 0 Å². The molecule has 0 amide bonds. The number of ether oxygens (including phenoxy) is 2. The van der Waals surface area contributed by atoms with Crippen LogP contribution in [0.5, 0.6) is 0 Å². The minimum absolute atomic E-state index is 0.603. The van der Waals surface area contributed by atoms with Crippen molar-refractivity contribution < 1.29 is 19.4 Å². The molecule has 1 aliphatic rings. The Labute approximate surface area is 98.0 Å². The predicted molar refractivity (Wildman–Crippen MR) is 61.7 cm³/mol. The van der Waals surface area contributed by atoms with E-state index in [0.717, 1.165) is 5.56 Å². The Kier molecular flexibility index (Phi) is 3.09. The summed E-state index contributed by atoms with van der Waals surface area (Å²) in [4.78, 5) is 14.3. The van der Waals surface area contributed by atoms with Crippen LogP contribution >= 0.6 is 0 Å². The molecular weight excluding hydrogens is 222 g/mol. The lowest BCUT2D eigenvalue weighted by atomic mass is 10.0. The van der Waals surface area contributed by atoms with Gasteiger partial charge in [0.25, 0.3) is 0 Å². The summed E-state index contributed by atoms with van der Waals surface area (Å²) in [7, 11) is 0. The minimum Gasteiger partial charge on any atom is -0.469 e. The van der Waals surface area contributed by atoms with Gasteiger partial charge in [-0.25, -0.2) is 9.79 Å². The topological polar surface area (TPSA) is 68.1 Å². The van der Waals surface area contributed by atoms with Gasteiger partial charge in [0, 0.05) is 0 Å². The molecule has 0 saturated carbocycles. The largest absolute Gasteiger partial charge is 0.507 e. The molecular formula is C12H11NO4. The third kappa shape index (κ3) is 2.44. The lowest BCUT2D eigenvalue weighted by Crippen LogP contribution is -2.27. The lowest BCUT2D eigenvalue weighted by Gasteiger charge is -2.18. The van der Waals surface area contributed by atoms with Crippen molar-refractivity contribution in [1.82, 2.24) is 0 Å². The average molecular weight is 233 g/mol. The zero-order valence-electron chi connectivity index (χ0n) is 8.95. The molecule has 1 aromatic carbocycles. The molecule has 88 valence electrons. The van der Waals surface area contributed by atoms with Crippen molar-refractivity contribution in [3.05, 3.63) is 42.5 Å². The Hall–Kier alpha value is -2.30. The van der Waals surface area contributed by atoms with E-state index in [1.54, 1.807) is 0 Å². The summed E-state index contributed by atoms with van der Waals surface area (Å²) < 4.78 is 9.80. The quantitative estimate of drug-likeness (QED) is 0.812. The summed E-state index contributed by atoms with van der Waals surface area (Å²) in [5, 5.41) is 8.56. The third-order valence-corrected chi connectivity index (χ3v) is 2.38. The van der Waals surface area contributed by atoms with Crippen LogP contribution in [0.25, 0.3) is 5.57 Å². The smallest absolute Gasteiger partial charge is 0.469 e. The number of carboxylic acid groups (broad SMARTS) is 1. The van der Waals surface area contributed by atoms with Crippen molar-refractivity contribution in [3.8, 4) is 0 Å². The van der Waals surface area contributed by atoms with E-state index in [0.29, 0.717) is 5.57 Å². The number of rotatable bonds is 3. The van der Waals surface area contributed by atoms with Crippen LogP contribution in [0.15, 0.2) is 41.9 Å². The van der Waals surface area contributed by atoms with E-state index >= 15 is 0 Å². The molecule has 0 aliphatic carbocycles. The highest BCUT2D eigenvalue weighted by atomic mass is 16.7. The summed E-state index contributed by atoms with van der Waals surface area (Å²) >= 11 is 0. The van der Waals surface area contributed by atoms with Crippen LogP contribution in [0.3, 0.4) is 0 Å². The molecule has 2 rings (SSSR count). The third-order valence-electron chi connectivity index (χ3n) is 2.38. The summed E-state index contributed by atoms with van der Waals surface area (Å²) in [6, 6.07) is 9.34. The molecule has 1 N–H and O–H groups in total. The van der Waals surface area contributed by atoms with Gasteiger partial charge in [-0.2, -0.15) is 0 Å². The summed E-state index contributed by atoms with van der Waals surface area (Å²) in [6.07, 6.45) is -1.69. The standard InChI is InChI=1S/C12H11NO4/c1-8(9-5-3-2-4-6-9)10-11(13-7-16-10)17-12(14)15/h2-7,10-11H,1H2,(H,14,15). The Morgan fingerprint density at radius 2 is 2.12 bits per heavy atom. The molecule has 2 atom stereocenters. The zero-order chi connectivity index (χ0) is 12.3.